The van der Waals surface area contributed by atoms with Gasteiger partial charge < -0.3 is 10.1 Å². The van der Waals surface area contributed by atoms with Crippen LogP contribution in [-0.4, -0.2) is 23.4 Å². The normalized spacial score (nSPS) is 13.3. The van der Waals surface area contributed by atoms with Crippen molar-refractivity contribution in [1.29, 1.82) is 0 Å². The van der Waals surface area contributed by atoms with E-state index in [2.05, 4.69) is 40.2 Å². The van der Waals surface area contributed by atoms with Crippen LogP contribution in [0.5, 0.6) is 5.75 Å². The molecule has 0 radical (unpaired) electrons. The Kier molecular flexibility index (Phi) is 3.74. The number of benzene rings is 1. The smallest absolute Gasteiger partial charge is 0.122 e. The number of rotatable bonds is 5. The summed E-state index contributed by atoms with van der Waals surface area (Å²) in [6.45, 7) is 4.76. The molecule has 3 rings (SSSR count). The van der Waals surface area contributed by atoms with Gasteiger partial charge in [0.15, 0.2) is 0 Å². The van der Waals surface area contributed by atoms with Crippen molar-refractivity contribution in [2.24, 2.45) is 0 Å². The van der Waals surface area contributed by atoms with Gasteiger partial charge in [-0.1, -0.05) is 12.1 Å². The lowest BCUT2D eigenvalue weighted by molar-refractivity contribution is 0.357. The number of hydrogen-bond acceptors (Lipinski definition) is 3. The van der Waals surface area contributed by atoms with E-state index in [1.165, 1.54) is 22.4 Å². The van der Waals surface area contributed by atoms with Gasteiger partial charge in [-0.2, -0.15) is 5.10 Å². The molecule has 106 valence electrons. The standard InChI is InChI=1S/C16H21N3O/c1-12-15(10-17-2)11-18-19(12)7-5-13-3-4-16-14(9-13)6-8-20-16/h3-4,9,11,17H,5-8,10H2,1-2H3. The molecule has 2 heterocycles. The predicted octanol–water partition coefficient (Wildman–Crippen LogP) is 2.09. The van der Waals surface area contributed by atoms with Crippen LogP contribution in [-0.2, 0) is 25.9 Å². The Bertz CT molecular complexity index is 604. The van der Waals surface area contributed by atoms with E-state index >= 15 is 0 Å². The van der Waals surface area contributed by atoms with E-state index in [0.717, 1.165) is 38.3 Å². The Hall–Kier alpha value is -1.81. The number of aryl methyl sites for hydroxylation is 2. The van der Waals surface area contributed by atoms with E-state index < -0.39 is 0 Å². The lowest BCUT2D eigenvalue weighted by Crippen LogP contribution is -2.08. The Morgan fingerprint density at radius 3 is 3.15 bits per heavy atom. The van der Waals surface area contributed by atoms with E-state index in [-0.39, 0.29) is 0 Å². The van der Waals surface area contributed by atoms with Gasteiger partial charge in [0.1, 0.15) is 5.75 Å². The van der Waals surface area contributed by atoms with Gasteiger partial charge >= 0.3 is 0 Å². The van der Waals surface area contributed by atoms with E-state index in [4.69, 9.17) is 4.74 Å². The molecule has 2 aromatic rings. The Morgan fingerprint density at radius 2 is 2.30 bits per heavy atom. The van der Waals surface area contributed by atoms with Gasteiger partial charge in [-0.3, -0.25) is 4.68 Å². The molecule has 0 spiro atoms. The minimum Gasteiger partial charge on any atom is -0.493 e. The second kappa shape index (κ2) is 5.67. The van der Waals surface area contributed by atoms with Gasteiger partial charge in [-0.15, -0.1) is 0 Å². The minimum absolute atomic E-state index is 0.824. The number of fused-ring (bicyclic) bond motifs is 1. The van der Waals surface area contributed by atoms with Crippen LogP contribution in [0.1, 0.15) is 22.4 Å². The maximum Gasteiger partial charge on any atom is 0.122 e. The molecule has 0 saturated heterocycles. The molecular formula is C16H21N3O. The van der Waals surface area contributed by atoms with E-state index in [1.807, 2.05) is 13.2 Å². The largest absolute Gasteiger partial charge is 0.493 e. The quantitative estimate of drug-likeness (QED) is 0.905. The molecule has 4 nitrogen and oxygen atoms in total. The van der Waals surface area contributed by atoms with Crippen LogP contribution in [0.25, 0.3) is 0 Å². The molecule has 0 bridgehead atoms. The van der Waals surface area contributed by atoms with Crippen molar-refractivity contribution in [2.45, 2.75) is 32.9 Å². The van der Waals surface area contributed by atoms with Crippen LogP contribution < -0.4 is 10.1 Å². The number of nitrogens with zero attached hydrogens (tertiary/aromatic N) is 2. The Morgan fingerprint density at radius 1 is 1.40 bits per heavy atom. The zero-order valence-corrected chi connectivity index (χ0v) is 12.1. The molecule has 0 fully saturated rings. The molecule has 1 aromatic carbocycles. The number of ether oxygens (including phenoxy) is 1. The van der Waals surface area contributed by atoms with Crippen LogP contribution in [0.2, 0.25) is 0 Å². The molecule has 20 heavy (non-hydrogen) atoms. The molecule has 1 aliphatic heterocycles. The third-order valence-corrected chi connectivity index (χ3v) is 3.94. The number of nitrogens with one attached hydrogen (secondary N) is 1. The van der Waals surface area contributed by atoms with Crippen molar-refractivity contribution >= 4 is 0 Å². The monoisotopic (exact) mass is 271 g/mol. The number of aromatic nitrogens is 2. The second-order valence-corrected chi connectivity index (χ2v) is 5.30. The Balaban J connectivity index is 1.67. The first-order chi connectivity index (χ1) is 9.78. The summed E-state index contributed by atoms with van der Waals surface area (Å²) in [5.41, 5.74) is 5.23. The molecular weight excluding hydrogens is 250 g/mol. The van der Waals surface area contributed by atoms with Crippen molar-refractivity contribution in [3.63, 3.8) is 0 Å². The highest BCUT2D eigenvalue weighted by atomic mass is 16.5. The molecule has 1 aliphatic rings. The summed E-state index contributed by atoms with van der Waals surface area (Å²) in [6, 6.07) is 6.53. The molecule has 0 amide bonds. The summed E-state index contributed by atoms with van der Waals surface area (Å²) in [6.07, 6.45) is 4.01. The van der Waals surface area contributed by atoms with Gasteiger partial charge in [-0.25, -0.2) is 0 Å². The predicted molar refractivity (Wildman–Crippen MR) is 79.1 cm³/mol. The first-order valence-electron chi connectivity index (χ1n) is 7.18. The first kappa shape index (κ1) is 13.2. The van der Waals surface area contributed by atoms with Crippen LogP contribution >= 0.6 is 0 Å². The highest BCUT2D eigenvalue weighted by Crippen LogP contribution is 2.26. The van der Waals surface area contributed by atoms with E-state index in [0.29, 0.717) is 0 Å². The summed E-state index contributed by atoms with van der Waals surface area (Å²) < 4.78 is 7.63. The summed E-state index contributed by atoms with van der Waals surface area (Å²) in [5.74, 6) is 1.06. The molecule has 0 unspecified atom stereocenters. The Labute approximate surface area is 119 Å². The SMILES string of the molecule is CNCc1cnn(CCc2ccc3c(c2)CCO3)c1C. The minimum atomic E-state index is 0.824. The van der Waals surface area contributed by atoms with Crippen LogP contribution in [0.3, 0.4) is 0 Å². The van der Waals surface area contributed by atoms with Crippen molar-refractivity contribution in [2.75, 3.05) is 13.7 Å². The maximum atomic E-state index is 5.54. The lowest BCUT2D eigenvalue weighted by Gasteiger charge is -2.07. The fourth-order valence-electron chi connectivity index (χ4n) is 2.71. The summed E-state index contributed by atoms with van der Waals surface area (Å²) in [5, 5.41) is 7.65. The maximum absolute atomic E-state index is 5.54. The molecule has 0 saturated carbocycles. The molecule has 1 aromatic heterocycles. The highest BCUT2D eigenvalue weighted by Gasteiger charge is 2.12. The van der Waals surface area contributed by atoms with Crippen molar-refractivity contribution in [3.8, 4) is 5.75 Å². The molecule has 1 N–H and O–H groups in total. The van der Waals surface area contributed by atoms with Crippen molar-refractivity contribution < 1.29 is 4.74 Å². The van der Waals surface area contributed by atoms with Gasteiger partial charge in [0.05, 0.1) is 12.8 Å². The van der Waals surface area contributed by atoms with E-state index in [1.54, 1.807) is 0 Å². The van der Waals surface area contributed by atoms with Gasteiger partial charge in [0.2, 0.25) is 0 Å². The average molecular weight is 271 g/mol. The second-order valence-electron chi connectivity index (χ2n) is 5.30. The summed E-state index contributed by atoms with van der Waals surface area (Å²) >= 11 is 0. The fourth-order valence-corrected chi connectivity index (χ4v) is 2.71. The lowest BCUT2D eigenvalue weighted by atomic mass is 10.1. The van der Waals surface area contributed by atoms with Crippen molar-refractivity contribution in [1.82, 2.24) is 15.1 Å². The van der Waals surface area contributed by atoms with Crippen LogP contribution in [0.15, 0.2) is 24.4 Å². The molecule has 4 heteroatoms. The third kappa shape index (κ3) is 2.56. The van der Waals surface area contributed by atoms with E-state index in [9.17, 15) is 0 Å². The average Bonchev–Trinajstić information content (AvgIpc) is 3.05. The highest BCUT2D eigenvalue weighted by molar-refractivity contribution is 5.39. The third-order valence-electron chi connectivity index (χ3n) is 3.94. The van der Waals surface area contributed by atoms with Crippen LogP contribution in [0, 0.1) is 6.92 Å². The fraction of sp³-hybridized carbons (Fsp3) is 0.438. The number of hydrogen-bond donors (Lipinski definition) is 1. The molecule has 0 aliphatic carbocycles. The summed E-state index contributed by atoms with van der Waals surface area (Å²) in [4.78, 5) is 0. The van der Waals surface area contributed by atoms with Gasteiger partial charge in [0, 0.05) is 30.8 Å². The van der Waals surface area contributed by atoms with Gasteiger partial charge in [0.25, 0.3) is 0 Å². The molecule has 0 atom stereocenters. The first-order valence-corrected chi connectivity index (χ1v) is 7.18. The zero-order valence-electron chi connectivity index (χ0n) is 12.1. The van der Waals surface area contributed by atoms with Crippen LogP contribution in [0.4, 0.5) is 0 Å². The topological polar surface area (TPSA) is 39.1 Å². The summed E-state index contributed by atoms with van der Waals surface area (Å²) in [7, 11) is 1.96. The van der Waals surface area contributed by atoms with Gasteiger partial charge in [-0.05, 0) is 37.6 Å². The van der Waals surface area contributed by atoms with Crippen molar-refractivity contribution in [3.05, 3.63) is 46.8 Å². The zero-order chi connectivity index (χ0) is 13.9.